The molecule has 0 aromatic carbocycles. The zero-order valence-electron chi connectivity index (χ0n) is 10.8. The van der Waals surface area contributed by atoms with Crippen molar-refractivity contribution in [2.75, 3.05) is 6.54 Å². The van der Waals surface area contributed by atoms with Gasteiger partial charge in [0.2, 0.25) is 0 Å². The summed E-state index contributed by atoms with van der Waals surface area (Å²) in [5.41, 5.74) is 0.826. The molecule has 0 aliphatic heterocycles. The van der Waals surface area contributed by atoms with Gasteiger partial charge in [0.1, 0.15) is 0 Å². The monoisotopic (exact) mass is 294 g/mol. The average molecular weight is 295 g/mol. The minimum atomic E-state index is -4.12. The normalized spacial score (nSPS) is 13.5. The van der Waals surface area contributed by atoms with Gasteiger partial charge in [0.15, 0.2) is 0 Å². The number of alkyl halides is 3. The van der Waals surface area contributed by atoms with Crippen molar-refractivity contribution in [3.8, 4) is 0 Å². The first-order valence-corrected chi connectivity index (χ1v) is 6.68. The maximum atomic E-state index is 12.3. The summed E-state index contributed by atoms with van der Waals surface area (Å²) in [5, 5.41) is 3.64. The molecule has 0 amide bonds. The van der Waals surface area contributed by atoms with Crippen LogP contribution in [0.4, 0.5) is 13.2 Å². The molecule has 1 unspecified atom stereocenters. The van der Waals surface area contributed by atoms with Crippen molar-refractivity contribution in [2.45, 2.75) is 44.8 Å². The van der Waals surface area contributed by atoms with Crippen molar-refractivity contribution in [1.29, 1.82) is 0 Å². The first kappa shape index (κ1) is 16.2. The molecule has 2 nitrogen and oxygen atoms in total. The predicted octanol–water partition coefficient (Wildman–Crippen LogP) is 3.99. The van der Waals surface area contributed by atoms with Crippen molar-refractivity contribution in [1.82, 2.24) is 10.3 Å². The van der Waals surface area contributed by atoms with E-state index in [0.29, 0.717) is 18.0 Å². The van der Waals surface area contributed by atoms with Crippen LogP contribution in [0, 0.1) is 0 Å². The number of rotatable bonds is 7. The van der Waals surface area contributed by atoms with E-state index in [2.05, 4.69) is 10.3 Å². The fourth-order valence-electron chi connectivity index (χ4n) is 1.80. The average Bonchev–Trinajstić information content (AvgIpc) is 2.34. The van der Waals surface area contributed by atoms with Gasteiger partial charge in [-0.05, 0) is 37.4 Å². The van der Waals surface area contributed by atoms with Gasteiger partial charge in [-0.25, -0.2) is 0 Å². The summed E-state index contributed by atoms with van der Waals surface area (Å²) in [4.78, 5) is 3.87. The van der Waals surface area contributed by atoms with Crippen LogP contribution in [0.1, 0.15) is 31.7 Å². The van der Waals surface area contributed by atoms with Gasteiger partial charge in [-0.3, -0.25) is 4.98 Å². The van der Waals surface area contributed by atoms with Crippen molar-refractivity contribution in [3.05, 3.63) is 29.0 Å². The molecule has 0 spiro atoms. The first-order chi connectivity index (χ1) is 8.92. The Kier molecular flexibility index (Phi) is 6.58. The Balaban J connectivity index is 2.61. The summed E-state index contributed by atoms with van der Waals surface area (Å²) in [6.45, 7) is 2.68. The molecule has 0 saturated heterocycles. The van der Waals surface area contributed by atoms with E-state index in [-0.39, 0.29) is 12.5 Å². The number of nitrogens with one attached hydrogen (secondary N) is 1. The topological polar surface area (TPSA) is 24.9 Å². The summed E-state index contributed by atoms with van der Waals surface area (Å²) in [6.07, 6.45) is -0.364. The van der Waals surface area contributed by atoms with Gasteiger partial charge in [-0.2, -0.15) is 13.2 Å². The van der Waals surface area contributed by atoms with Crippen molar-refractivity contribution in [2.24, 2.45) is 0 Å². The van der Waals surface area contributed by atoms with E-state index < -0.39 is 12.6 Å². The van der Waals surface area contributed by atoms with E-state index in [1.807, 2.05) is 6.92 Å². The predicted molar refractivity (Wildman–Crippen MR) is 70.3 cm³/mol. The molecule has 0 radical (unpaired) electrons. The number of nitrogens with zero attached hydrogens (tertiary/aromatic N) is 1. The SMILES string of the molecule is CCCNC(CCC(F)(F)F)Cc1ccncc1Cl. The van der Waals surface area contributed by atoms with Crippen LogP contribution in [-0.4, -0.2) is 23.7 Å². The van der Waals surface area contributed by atoms with Gasteiger partial charge >= 0.3 is 6.18 Å². The Morgan fingerprint density at radius 1 is 1.42 bits per heavy atom. The Morgan fingerprint density at radius 2 is 2.16 bits per heavy atom. The van der Waals surface area contributed by atoms with Crippen LogP contribution in [0.3, 0.4) is 0 Å². The van der Waals surface area contributed by atoms with E-state index in [1.54, 1.807) is 12.3 Å². The Morgan fingerprint density at radius 3 is 2.74 bits per heavy atom. The lowest BCUT2D eigenvalue weighted by atomic mass is 10.0. The van der Waals surface area contributed by atoms with Gasteiger partial charge < -0.3 is 5.32 Å². The van der Waals surface area contributed by atoms with E-state index in [9.17, 15) is 13.2 Å². The second-order valence-corrected chi connectivity index (χ2v) is 4.88. The van der Waals surface area contributed by atoms with Crippen LogP contribution in [-0.2, 0) is 6.42 Å². The summed E-state index contributed by atoms with van der Waals surface area (Å²) in [6, 6.07) is 1.53. The number of hydrogen-bond donors (Lipinski definition) is 1. The highest BCUT2D eigenvalue weighted by Gasteiger charge is 2.28. The van der Waals surface area contributed by atoms with Crippen LogP contribution in [0.5, 0.6) is 0 Å². The molecule has 1 aromatic rings. The third-order valence-corrected chi connectivity index (χ3v) is 3.12. The summed E-state index contributed by atoms with van der Waals surface area (Å²) in [7, 11) is 0. The molecule has 0 aliphatic carbocycles. The molecule has 1 atom stereocenters. The number of hydrogen-bond acceptors (Lipinski definition) is 2. The van der Waals surface area contributed by atoms with E-state index >= 15 is 0 Å². The van der Waals surface area contributed by atoms with Gasteiger partial charge in [0, 0.05) is 24.9 Å². The molecule has 1 heterocycles. The largest absolute Gasteiger partial charge is 0.389 e. The molecule has 1 rings (SSSR count). The smallest absolute Gasteiger partial charge is 0.314 e. The highest BCUT2D eigenvalue weighted by Crippen LogP contribution is 2.24. The summed E-state index contributed by atoms with van der Waals surface area (Å²) in [5.74, 6) is 0. The molecule has 1 N–H and O–H groups in total. The van der Waals surface area contributed by atoms with Crippen LogP contribution in [0.2, 0.25) is 5.02 Å². The van der Waals surface area contributed by atoms with Gasteiger partial charge in [-0.15, -0.1) is 0 Å². The van der Waals surface area contributed by atoms with Crippen LogP contribution < -0.4 is 5.32 Å². The second-order valence-electron chi connectivity index (χ2n) is 4.48. The standard InChI is InChI=1S/C13H18ClF3N2/c1-2-6-19-11(3-5-13(15,16)17)8-10-4-7-18-9-12(10)14/h4,7,9,11,19H,2-3,5-6,8H2,1H3. The van der Waals surface area contributed by atoms with E-state index in [1.165, 1.54) is 6.20 Å². The van der Waals surface area contributed by atoms with Crippen LogP contribution in [0.15, 0.2) is 18.5 Å². The van der Waals surface area contributed by atoms with Crippen molar-refractivity contribution >= 4 is 11.6 Å². The second kappa shape index (κ2) is 7.70. The van der Waals surface area contributed by atoms with E-state index in [4.69, 9.17) is 11.6 Å². The molecule has 0 saturated carbocycles. The lowest BCUT2D eigenvalue weighted by Crippen LogP contribution is -2.33. The molecular weight excluding hydrogens is 277 g/mol. The van der Waals surface area contributed by atoms with E-state index in [0.717, 1.165) is 12.0 Å². The fourth-order valence-corrected chi connectivity index (χ4v) is 1.99. The third kappa shape index (κ3) is 6.78. The number of aromatic nitrogens is 1. The quantitative estimate of drug-likeness (QED) is 0.822. The number of pyridine rings is 1. The lowest BCUT2D eigenvalue weighted by molar-refractivity contribution is -0.136. The molecule has 108 valence electrons. The molecule has 0 aliphatic rings. The zero-order chi connectivity index (χ0) is 14.3. The summed E-state index contributed by atoms with van der Waals surface area (Å²) >= 11 is 5.98. The molecule has 6 heteroatoms. The molecule has 19 heavy (non-hydrogen) atoms. The Bertz CT molecular complexity index is 382. The zero-order valence-corrected chi connectivity index (χ0v) is 11.6. The lowest BCUT2D eigenvalue weighted by Gasteiger charge is -2.20. The van der Waals surface area contributed by atoms with Crippen molar-refractivity contribution in [3.63, 3.8) is 0 Å². The van der Waals surface area contributed by atoms with Crippen LogP contribution >= 0.6 is 11.6 Å². The first-order valence-electron chi connectivity index (χ1n) is 6.31. The Labute approximate surface area is 116 Å². The highest BCUT2D eigenvalue weighted by molar-refractivity contribution is 6.31. The maximum absolute atomic E-state index is 12.3. The molecule has 1 aromatic heterocycles. The van der Waals surface area contributed by atoms with Gasteiger partial charge in [-0.1, -0.05) is 18.5 Å². The number of halogens is 4. The van der Waals surface area contributed by atoms with Crippen LogP contribution in [0.25, 0.3) is 0 Å². The molecule has 0 fully saturated rings. The maximum Gasteiger partial charge on any atom is 0.389 e. The highest BCUT2D eigenvalue weighted by atomic mass is 35.5. The minimum absolute atomic E-state index is 0.0577. The van der Waals surface area contributed by atoms with Gasteiger partial charge in [0.25, 0.3) is 0 Å². The minimum Gasteiger partial charge on any atom is -0.314 e. The van der Waals surface area contributed by atoms with Gasteiger partial charge in [0.05, 0.1) is 5.02 Å². The Hall–Kier alpha value is -0.810. The molecular formula is C13H18ClF3N2. The fraction of sp³-hybridized carbons (Fsp3) is 0.615. The molecule has 0 bridgehead atoms. The summed E-state index contributed by atoms with van der Waals surface area (Å²) < 4.78 is 36.9. The van der Waals surface area contributed by atoms with Crippen molar-refractivity contribution < 1.29 is 13.2 Å². The third-order valence-electron chi connectivity index (χ3n) is 2.78.